The summed E-state index contributed by atoms with van der Waals surface area (Å²) in [6.07, 6.45) is 6.36. The number of anilines is 2. The van der Waals surface area contributed by atoms with E-state index in [1.54, 1.807) is 30.6 Å². The first-order valence-electron chi connectivity index (χ1n) is 11.0. The molecule has 0 bridgehead atoms. The van der Waals surface area contributed by atoms with Crippen molar-refractivity contribution in [2.75, 3.05) is 23.7 Å². The minimum Gasteiger partial charge on any atom is -0.339 e. The predicted molar refractivity (Wildman–Crippen MR) is 125 cm³/mol. The molecule has 3 aromatic rings. The topological polar surface area (TPSA) is 118 Å². The molecule has 0 saturated carbocycles. The lowest BCUT2D eigenvalue weighted by Gasteiger charge is -2.26. The van der Waals surface area contributed by atoms with Crippen LogP contribution in [0.4, 0.5) is 16.4 Å². The first-order chi connectivity index (χ1) is 15.8. The molecule has 0 aromatic carbocycles. The van der Waals surface area contributed by atoms with Crippen LogP contribution in [-0.4, -0.2) is 54.7 Å². The summed E-state index contributed by atoms with van der Waals surface area (Å²) in [5.41, 5.74) is 0.875. The van der Waals surface area contributed by atoms with E-state index in [1.807, 2.05) is 36.3 Å². The fraction of sp³-hybridized carbons (Fsp3) is 0.391. The number of nitrogens with zero attached hydrogens (tertiary/aromatic N) is 6. The monoisotopic (exact) mass is 448 g/mol. The zero-order valence-electron chi connectivity index (χ0n) is 19.1. The molecule has 2 N–H and O–H groups in total. The Labute approximate surface area is 192 Å². The third-order valence-electron chi connectivity index (χ3n) is 5.38. The van der Waals surface area contributed by atoms with Gasteiger partial charge in [0, 0.05) is 30.4 Å². The van der Waals surface area contributed by atoms with Crippen molar-refractivity contribution in [2.45, 2.75) is 45.6 Å². The van der Waals surface area contributed by atoms with Crippen LogP contribution in [0.25, 0.3) is 11.5 Å². The molecule has 0 unspecified atom stereocenters. The number of carbonyl (C=O) groups excluding carboxylic acids is 2. The van der Waals surface area contributed by atoms with Crippen LogP contribution in [0.3, 0.4) is 0 Å². The van der Waals surface area contributed by atoms with E-state index < -0.39 is 6.03 Å². The first kappa shape index (κ1) is 22.4. The molecule has 1 aliphatic rings. The third-order valence-corrected chi connectivity index (χ3v) is 5.38. The molecule has 4 heterocycles. The highest BCUT2D eigenvalue weighted by Gasteiger charge is 2.21. The van der Waals surface area contributed by atoms with Gasteiger partial charge in [-0.3, -0.25) is 15.4 Å². The number of likely N-dealkylation sites (tertiary alicyclic amines) is 1. The molecule has 1 saturated heterocycles. The van der Waals surface area contributed by atoms with Gasteiger partial charge in [0.15, 0.2) is 5.82 Å². The van der Waals surface area contributed by atoms with Crippen LogP contribution in [0, 0.1) is 0 Å². The molecular weight excluding hydrogens is 420 g/mol. The number of aromatic nitrogens is 5. The molecular formula is C23H28N8O2. The Bertz CT molecular complexity index is 1150. The van der Waals surface area contributed by atoms with E-state index >= 15 is 0 Å². The Morgan fingerprint density at radius 1 is 1.00 bits per heavy atom. The maximum Gasteiger partial charge on any atom is 0.326 e. The maximum absolute atomic E-state index is 12.7. The largest absolute Gasteiger partial charge is 0.339 e. The van der Waals surface area contributed by atoms with E-state index in [2.05, 4.69) is 30.8 Å². The standard InChI is InChI=1S/C23H28N8O2/c1-23(2,3)31-15-25-29-20(31)17-8-7-9-18(26-17)27-22(33)28-19-14-16(10-11-24-19)21(32)30-12-5-4-6-13-30/h7-11,14-15H,4-6,12-13H2,1-3H3,(H2,24,26,27,28,33). The lowest BCUT2D eigenvalue weighted by atomic mass is 10.1. The van der Waals surface area contributed by atoms with Gasteiger partial charge in [-0.1, -0.05) is 6.07 Å². The maximum atomic E-state index is 12.7. The number of nitrogens with one attached hydrogen (secondary N) is 2. The number of carbonyl (C=O) groups is 2. The third kappa shape index (κ3) is 5.33. The van der Waals surface area contributed by atoms with Crippen molar-refractivity contribution in [1.29, 1.82) is 0 Å². The molecule has 0 atom stereocenters. The zero-order valence-corrected chi connectivity index (χ0v) is 19.1. The molecule has 172 valence electrons. The molecule has 3 amide bonds. The van der Waals surface area contributed by atoms with Crippen molar-refractivity contribution >= 4 is 23.6 Å². The van der Waals surface area contributed by atoms with E-state index in [-0.39, 0.29) is 11.4 Å². The number of urea groups is 1. The van der Waals surface area contributed by atoms with Gasteiger partial charge in [0.2, 0.25) is 0 Å². The second-order valence-electron chi connectivity index (χ2n) is 8.97. The SMILES string of the molecule is CC(C)(C)n1cnnc1-c1cccc(NC(=O)Nc2cc(C(=O)N3CCCCC3)ccn2)n1. The van der Waals surface area contributed by atoms with E-state index in [4.69, 9.17) is 0 Å². The second-order valence-corrected chi connectivity index (χ2v) is 8.97. The Hall–Kier alpha value is -3.82. The normalized spacial score (nSPS) is 14.1. The van der Waals surface area contributed by atoms with Gasteiger partial charge < -0.3 is 9.47 Å². The molecule has 10 heteroatoms. The van der Waals surface area contributed by atoms with E-state index in [9.17, 15) is 9.59 Å². The summed E-state index contributed by atoms with van der Waals surface area (Å²) in [6.45, 7) is 7.66. The minimum absolute atomic E-state index is 0.0436. The number of pyridine rings is 2. The van der Waals surface area contributed by atoms with Gasteiger partial charge in [-0.15, -0.1) is 10.2 Å². The van der Waals surface area contributed by atoms with Gasteiger partial charge in [0.1, 0.15) is 23.7 Å². The number of rotatable bonds is 4. The summed E-state index contributed by atoms with van der Waals surface area (Å²) < 4.78 is 1.92. The Kier molecular flexibility index (Phi) is 6.34. The predicted octanol–water partition coefficient (Wildman–Crippen LogP) is 3.76. The number of piperidine rings is 1. The van der Waals surface area contributed by atoms with E-state index in [0.717, 1.165) is 32.4 Å². The van der Waals surface area contributed by atoms with Crippen LogP contribution in [0.5, 0.6) is 0 Å². The summed E-state index contributed by atoms with van der Waals surface area (Å²) in [7, 11) is 0. The smallest absolute Gasteiger partial charge is 0.326 e. The Balaban J connectivity index is 1.44. The summed E-state index contributed by atoms with van der Waals surface area (Å²) >= 11 is 0. The van der Waals surface area contributed by atoms with Gasteiger partial charge >= 0.3 is 6.03 Å². The molecule has 1 aliphatic heterocycles. The van der Waals surface area contributed by atoms with Crippen LogP contribution in [0.2, 0.25) is 0 Å². The fourth-order valence-electron chi connectivity index (χ4n) is 3.70. The van der Waals surface area contributed by atoms with Gasteiger partial charge in [-0.25, -0.2) is 14.8 Å². The average molecular weight is 449 g/mol. The fourth-order valence-corrected chi connectivity index (χ4v) is 3.70. The summed E-state index contributed by atoms with van der Waals surface area (Å²) in [4.78, 5) is 35.8. The highest BCUT2D eigenvalue weighted by Crippen LogP contribution is 2.23. The second kappa shape index (κ2) is 9.35. The van der Waals surface area contributed by atoms with Crippen molar-refractivity contribution in [1.82, 2.24) is 29.6 Å². The molecule has 10 nitrogen and oxygen atoms in total. The summed E-state index contributed by atoms with van der Waals surface area (Å²) in [5.74, 6) is 1.21. The van der Waals surface area contributed by atoms with Crippen molar-refractivity contribution in [3.63, 3.8) is 0 Å². The minimum atomic E-state index is -0.507. The molecule has 0 spiro atoms. The Morgan fingerprint density at radius 3 is 2.52 bits per heavy atom. The molecule has 1 fully saturated rings. The number of hydrogen-bond donors (Lipinski definition) is 2. The Morgan fingerprint density at radius 2 is 1.76 bits per heavy atom. The van der Waals surface area contributed by atoms with Crippen molar-refractivity contribution < 1.29 is 9.59 Å². The zero-order chi connectivity index (χ0) is 23.4. The van der Waals surface area contributed by atoms with Crippen LogP contribution in [-0.2, 0) is 5.54 Å². The van der Waals surface area contributed by atoms with Gasteiger partial charge in [-0.05, 0) is 64.3 Å². The van der Waals surface area contributed by atoms with Gasteiger partial charge in [0.05, 0.1) is 0 Å². The van der Waals surface area contributed by atoms with Crippen LogP contribution in [0.15, 0.2) is 42.9 Å². The average Bonchev–Trinajstić information content (AvgIpc) is 3.30. The molecule has 0 radical (unpaired) electrons. The van der Waals surface area contributed by atoms with Crippen molar-refractivity contribution in [3.05, 3.63) is 48.4 Å². The molecule has 0 aliphatic carbocycles. The molecule has 4 rings (SSSR count). The number of hydrogen-bond acceptors (Lipinski definition) is 6. The van der Waals surface area contributed by atoms with Crippen LogP contribution < -0.4 is 10.6 Å². The van der Waals surface area contributed by atoms with Crippen LogP contribution in [0.1, 0.15) is 50.4 Å². The number of amides is 3. The molecule has 33 heavy (non-hydrogen) atoms. The highest BCUT2D eigenvalue weighted by atomic mass is 16.2. The van der Waals surface area contributed by atoms with Crippen LogP contribution >= 0.6 is 0 Å². The lowest BCUT2D eigenvalue weighted by Crippen LogP contribution is -2.35. The van der Waals surface area contributed by atoms with E-state index in [0.29, 0.717) is 28.7 Å². The lowest BCUT2D eigenvalue weighted by molar-refractivity contribution is 0.0724. The van der Waals surface area contributed by atoms with Gasteiger partial charge in [-0.2, -0.15) is 0 Å². The van der Waals surface area contributed by atoms with Gasteiger partial charge in [0.25, 0.3) is 5.91 Å². The first-order valence-corrected chi connectivity index (χ1v) is 11.0. The van der Waals surface area contributed by atoms with Crippen molar-refractivity contribution in [3.8, 4) is 11.5 Å². The molecule has 3 aromatic heterocycles. The quantitative estimate of drug-likeness (QED) is 0.627. The summed E-state index contributed by atoms with van der Waals surface area (Å²) in [6, 6.07) is 8.03. The highest BCUT2D eigenvalue weighted by molar-refractivity contribution is 6.00. The summed E-state index contributed by atoms with van der Waals surface area (Å²) in [5, 5.41) is 13.6. The van der Waals surface area contributed by atoms with E-state index in [1.165, 1.54) is 6.20 Å². The van der Waals surface area contributed by atoms with Crippen molar-refractivity contribution in [2.24, 2.45) is 0 Å².